The molecule has 0 saturated heterocycles. The predicted molar refractivity (Wildman–Crippen MR) is 54.2 cm³/mol. The highest BCUT2D eigenvalue weighted by atomic mass is 16.5. The van der Waals surface area contributed by atoms with Crippen LogP contribution in [-0.2, 0) is 11.3 Å². The van der Waals surface area contributed by atoms with Crippen molar-refractivity contribution in [1.29, 1.82) is 0 Å². The van der Waals surface area contributed by atoms with Gasteiger partial charge in [-0.25, -0.2) is 0 Å². The Morgan fingerprint density at radius 3 is 2.79 bits per heavy atom. The van der Waals surface area contributed by atoms with Crippen molar-refractivity contribution in [2.24, 2.45) is 5.73 Å². The molecule has 1 aromatic rings. The number of ether oxygens (including phenoxy) is 2. The topological polar surface area (TPSA) is 57.4 Å². The summed E-state index contributed by atoms with van der Waals surface area (Å²) in [5, 5.41) is 0. The van der Waals surface area contributed by atoms with Gasteiger partial charge >= 0.3 is 0 Å². The molecule has 1 heterocycles. The van der Waals surface area contributed by atoms with Gasteiger partial charge in [0.1, 0.15) is 12.4 Å². The third-order valence-corrected chi connectivity index (χ3v) is 1.81. The monoisotopic (exact) mass is 196 g/mol. The van der Waals surface area contributed by atoms with Gasteiger partial charge in [0.2, 0.25) is 0 Å². The van der Waals surface area contributed by atoms with Gasteiger partial charge in [-0.15, -0.1) is 0 Å². The summed E-state index contributed by atoms with van der Waals surface area (Å²) in [5.41, 5.74) is 7.29. The first kappa shape index (κ1) is 10.9. The number of aromatic nitrogens is 1. The van der Waals surface area contributed by atoms with Crippen molar-refractivity contribution in [3.8, 4) is 5.75 Å². The van der Waals surface area contributed by atoms with Crippen LogP contribution in [-0.4, -0.2) is 25.3 Å². The molecule has 0 radical (unpaired) electrons. The van der Waals surface area contributed by atoms with Crippen LogP contribution in [0.3, 0.4) is 0 Å². The maximum Gasteiger partial charge on any atom is 0.142 e. The molecular weight excluding hydrogens is 180 g/mol. The number of rotatable bonds is 5. The first-order valence-corrected chi connectivity index (χ1v) is 4.56. The molecule has 78 valence electrons. The van der Waals surface area contributed by atoms with Gasteiger partial charge in [0.25, 0.3) is 0 Å². The van der Waals surface area contributed by atoms with Crippen molar-refractivity contribution < 1.29 is 9.47 Å². The average Bonchev–Trinajstić information content (AvgIpc) is 2.20. The van der Waals surface area contributed by atoms with Crippen molar-refractivity contribution in [3.63, 3.8) is 0 Å². The van der Waals surface area contributed by atoms with Gasteiger partial charge in [-0.05, 0) is 19.1 Å². The lowest BCUT2D eigenvalue weighted by Gasteiger charge is -2.09. The van der Waals surface area contributed by atoms with Crippen LogP contribution in [0.15, 0.2) is 12.1 Å². The van der Waals surface area contributed by atoms with Crippen LogP contribution in [0, 0.1) is 6.92 Å². The molecule has 0 spiro atoms. The molecule has 1 aromatic heterocycles. The Kier molecular flexibility index (Phi) is 4.35. The molecular formula is C10H16N2O2. The van der Waals surface area contributed by atoms with E-state index in [1.54, 1.807) is 7.11 Å². The normalized spacial score (nSPS) is 10.2. The minimum absolute atomic E-state index is 0.393. The van der Waals surface area contributed by atoms with Crippen LogP contribution in [0.25, 0.3) is 0 Å². The van der Waals surface area contributed by atoms with E-state index in [0.717, 1.165) is 17.1 Å². The summed E-state index contributed by atoms with van der Waals surface area (Å²) in [6, 6.07) is 3.79. The van der Waals surface area contributed by atoms with E-state index in [1.165, 1.54) is 0 Å². The van der Waals surface area contributed by atoms with Crippen molar-refractivity contribution in [2.75, 3.05) is 20.3 Å². The van der Waals surface area contributed by atoms with E-state index in [2.05, 4.69) is 4.98 Å². The molecule has 2 N–H and O–H groups in total. The van der Waals surface area contributed by atoms with Crippen molar-refractivity contribution in [2.45, 2.75) is 13.5 Å². The summed E-state index contributed by atoms with van der Waals surface area (Å²) in [6.07, 6.45) is 0. The lowest BCUT2D eigenvalue weighted by atomic mass is 10.3. The standard InChI is InChI=1S/C10H16N2O2/c1-8-3-4-10(9(7-11)12-8)14-6-5-13-2/h3-4H,5-7,11H2,1-2H3. The summed E-state index contributed by atoms with van der Waals surface area (Å²) < 4.78 is 10.3. The molecule has 4 nitrogen and oxygen atoms in total. The minimum Gasteiger partial charge on any atom is -0.489 e. The fourth-order valence-electron chi connectivity index (χ4n) is 1.11. The van der Waals surface area contributed by atoms with Crippen molar-refractivity contribution in [3.05, 3.63) is 23.5 Å². The highest BCUT2D eigenvalue weighted by molar-refractivity contribution is 5.29. The molecule has 0 fully saturated rings. The highest BCUT2D eigenvalue weighted by Gasteiger charge is 2.03. The van der Waals surface area contributed by atoms with Crippen LogP contribution >= 0.6 is 0 Å². The molecule has 1 rings (SSSR count). The lowest BCUT2D eigenvalue weighted by Crippen LogP contribution is -2.09. The number of hydrogen-bond donors (Lipinski definition) is 1. The summed E-state index contributed by atoms with van der Waals surface area (Å²) >= 11 is 0. The van der Waals surface area contributed by atoms with E-state index in [9.17, 15) is 0 Å². The van der Waals surface area contributed by atoms with E-state index < -0.39 is 0 Å². The number of methoxy groups -OCH3 is 1. The molecule has 0 aliphatic carbocycles. The van der Waals surface area contributed by atoms with Crippen LogP contribution in [0.4, 0.5) is 0 Å². The Morgan fingerprint density at radius 2 is 2.14 bits per heavy atom. The third kappa shape index (κ3) is 2.97. The Balaban J connectivity index is 2.65. The van der Waals surface area contributed by atoms with E-state index >= 15 is 0 Å². The molecule has 0 saturated carbocycles. The van der Waals surface area contributed by atoms with E-state index in [-0.39, 0.29) is 0 Å². The average molecular weight is 196 g/mol. The minimum atomic E-state index is 0.393. The number of nitrogens with two attached hydrogens (primary N) is 1. The fraction of sp³-hybridized carbons (Fsp3) is 0.500. The summed E-state index contributed by atoms with van der Waals surface area (Å²) in [5.74, 6) is 0.746. The Morgan fingerprint density at radius 1 is 1.36 bits per heavy atom. The van der Waals surface area contributed by atoms with Gasteiger partial charge in [0.05, 0.1) is 12.3 Å². The van der Waals surface area contributed by atoms with Gasteiger partial charge in [0.15, 0.2) is 0 Å². The molecule has 14 heavy (non-hydrogen) atoms. The number of hydrogen-bond acceptors (Lipinski definition) is 4. The lowest BCUT2D eigenvalue weighted by molar-refractivity contribution is 0.145. The van der Waals surface area contributed by atoms with E-state index in [0.29, 0.717) is 19.8 Å². The first-order valence-electron chi connectivity index (χ1n) is 4.56. The molecule has 0 bridgehead atoms. The van der Waals surface area contributed by atoms with Gasteiger partial charge in [-0.3, -0.25) is 4.98 Å². The van der Waals surface area contributed by atoms with Crippen LogP contribution in [0.1, 0.15) is 11.4 Å². The zero-order valence-electron chi connectivity index (χ0n) is 8.62. The summed E-state index contributed by atoms with van der Waals surface area (Å²) in [6.45, 7) is 3.41. The molecule has 0 aromatic carbocycles. The molecule has 0 amide bonds. The highest BCUT2D eigenvalue weighted by Crippen LogP contribution is 2.15. The number of aryl methyl sites for hydroxylation is 1. The molecule has 0 unspecified atom stereocenters. The largest absolute Gasteiger partial charge is 0.489 e. The van der Waals surface area contributed by atoms with Crippen LogP contribution in [0.5, 0.6) is 5.75 Å². The zero-order chi connectivity index (χ0) is 10.4. The second-order valence-corrected chi connectivity index (χ2v) is 2.94. The van der Waals surface area contributed by atoms with Gasteiger partial charge in [0, 0.05) is 19.3 Å². The van der Waals surface area contributed by atoms with Crippen LogP contribution < -0.4 is 10.5 Å². The van der Waals surface area contributed by atoms with Gasteiger partial charge in [-0.1, -0.05) is 0 Å². The summed E-state index contributed by atoms with van der Waals surface area (Å²) in [4.78, 5) is 4.28. The van der Waals surface area contributed by atoms with E-state index in [1.807, 2.05) is 19.1 Å². The molecule has 0 aliphatic rings. The zero-order valence-corrected chi connectivity index (χ0v) is 8.62. The Hall–Kier alpha value is -1.13. The summed E-state index contributed by atoms with van der Waals surface area (Å²) in [7, 11) is 1.64. The van der Waals surface area contributed by atoms with Crippen molar-refractivity contribution >= 4 is 0 Å². The SMILES string of the molecule is COCCOc1ccc(C)nc1CN. The van der Waals surface area contributed by atoms with Gasteiger partial charge in [-0.2, -0.15) is 0 Å². The maximum absolute atomic E-state index is 5.55. The van der Waals surface area contributed by atoms with Crippen LogP contribution in [0.2, 0.25) is 0 Å². The fourth-order valence-corrected chi connectivity index (χ4v) is 1.11. The number of nitrogens with zero attached hydrogens (tertiary/aromatic N) is 1. The Labute approximate surface area is 84.0 Å². The molecule has 4 heteroatoms. The second kappa shape index (κ2) is 5.57. The third-order valence-electron chi connectivity index (χ3n) is 1.81. The predicted octanol–water partition coefficient (Wildman–Crippen LogP) is 0.874. The smallest absolute Gasteiger partial charge is 0.142 e. The Bertz CT molecular complexity index is 289. The molecule has 0 atom stereocenters. The van der Waals surface area contributed by atoms with E-state index in [4.69, 9.17) is 15.2 Å². The quantitative estimate of drug-likeness (QED) is 0.710. The van der Waals surface area contributed by atoms with Gasteiger partial charge < -0.3 is 15.2 Å². The maximum atomic E-state index is 5.55. The molecule has 0 aliphatic heterocycles. The second-order valence-electron chi connectivity index (χ2n) is 2.94. The first-order chi connectivity index (χ1) is 6.77. The number of pyridine rings is 1. The van der Waals surface area contributed by atoms with Crippen molar-refractivity contribution in [1.82, 2.24) is 4.98 Å².